The maximum absolute atomic E-state index is 2.49. The molecule has 0 radical (unpaired) electrons. The van der Waals surface area contributed by atoms with Crippen molar-refractivity contribution < 1.29 is 28.5 Å². The number of hydrogen-bond donors (Lipinski definition) is 0. The SMILES string of the molecule is C[n+]1cc(N(CCCCCC2CCCCC2)c2ccccc2)cc2ccccc21.[I-]. The molecule has 0 saturated heterocycles. The topological polar surface area (TPSA) is 7.12 Å². The van der Waals surface area contributed by atoms with E-state index in [9.17, 15) is 0 Å². The standard InChI is InChI=1S/C27H35N2.HI/c1-28-22-26(21-24-16-10-11-19-27(24)28)29(25-17-8-3-9-18-25)20-12-4-7-15-23-13-5-2-6-14-23;/h3,8-11,16-19,21-23H,2,4-7,12-15,20H2,1H3;1H/q+1;/p-1. The van der Waals surface area contributed by atoms with E-state index in [0.717, 1.165) is 12.5 Å². The molecule has 30 heavy (non-hydrogen) atoms. The second-order valence-electron chi connectivity index (χ2n) is 8.71. The van der Waals surface area contributed by atoms with Gasteiger partial charge >= 0.3 is 0 Å². The first-order chi connectivity index (χ1) is 14.3. The van der Waals surface area contributed by atoms with Crippen LogP contribution in [-0.2, 0) is 7.05 Å². The number of halogens is 1. The van der Waals surface area contributed by atoms with Crippen LogP contribution in [0.1, 0.15) is 57.8 Å². The minimum atomic E-state index is 0. The molecule has 0 bridgehead atoms. The van der Waals surface area contributed by atoms with Gasteiger partial charge in [-0.1, -0.05) is 81.7 Å². The number of para-hydroxylation sites is 2. The zero-order chi connectivity index (χ0) is 19.9. The molecule has 1 fully saturated rings. The summed E-state index contributed by atoms with van der Waals surface area (Å²) in [6, 6.07) is 21.8. The Bertz CT molecular complexity index is 903. The fourth-order valence-electron chi connectivity index (χ4n) is 4.91. The number of rotatable bonds is 8. The molecule has 1 aromatic heterocycles. The molecular formula is C27H35IN2. The van der Waals surface area contributed by atoms with E-state index in [1.54, 1.807) is 0 Å². The lowest BCUT2D eigenvalue weighted by Gasteiger charge is -2.25. The average Bonchev–Trinajstić information content (AvgIpc) is 2.77. The summed E-state index contributed by atoms with van der Waals surface area (Å²) in [5.41, 5.74) is 3.84. The largest absolute Gasteiger partial charge is 1.00 e. The van der Waals surface area contributed by atoms with Gasteiger partial charge in [0, 0.05) is 23.7 Å². The van der Waals surface area contributed by atoms with Gasteiger partial charge in [0.15, 0.2) is 6.20 Å². The smallest absolute Gasteiger partial charge is 0.212 e. The van der Waals surface area contributed by atoms with E-state index in [-0.39, 0.29) is 24.0 Å². The summed E-state index contributed by atoms with van der Waals surface area (Å²) >= 11 is 0. The number of unbranched alkanes of at least 4 members (excludes halogenated alkanes) is 2. The number of aromatic nitrogens is 1. The zero-order valence-corrected chi connectivity index (χ0v) is 20.4. The normalized spacial score (nSPS) is 14.4. The highest BCUT2D eigenvalue weighted by molar-refractivity contribution is 5.80. The van der Waals surface area contributed by atoms with Gasteiger partial charge in [-0.25, -0.2) is 0 Å². The molecule has 1 saturated carbocycles. The second kappa shape index (κ2) is 11.7. The third kappa shape index (κ3) is 5.96. The maximum atomic E-state index is 2.49. The van der Waals surface area contributed by atoms with Crippen molar-refractivity contribution in [1.29, 1.82) is 0 Å². The predicted molar refractivity (Wildman–Crippen MR) is 124 cm³/mol. The molecule has 4 rings (SSSR count). The molecule has 0 spiro atoms. The Morgan fingerprint density at radius 3 is 2.37 bits per heavy atom. The Morgan fingerprint density at radius 1 is 0.833 bits per heavy atom. The van der Waals surface area contributed by atoms with Crippen LogP contribution in [0.2, 0.25) is 0 Å². The molecule has 0 N–H and O–H groups in total. The summed E-state index contributed by atoms with van der Waals surface area (Å²) in [6.45, 7) is 1.08. The first-order valence-corrected chi connectivity index (χ1v) is 11.5. The summed E-state index contributed by atoms with van der Waals surface area (Å²) in [6.07, 6.45) is 15.0. The number of fused-ring (bicyclic) bond motifs is 1. The van der Waals surface area contributed by atoms with Gasteiger partial charge in [-0.3, -0.25) is 0 Å². The number of benzene rings is 2. The fourth-order valence-corrected chi connectivity index (χ4v) is 4.91. The molecule has 0 amide bonds. The molecule has 0 atom stereocenters. The van der Waals surface area contributed by atoms with Crippen LogP contribution in [0.25, 0.3) is 10.9 Å². The van der Waals surface area contributed by atoms with Gasteiger partial charge in [0.25, 0.3) is 0 Å². The summed E-state index contributed by atoms with van der Waals surface area (Å²) in [5, 5.41) is 1.30. The van der Waals surface area contributed by atoms with Gasteiger partial charge in [0.05, 0.1) is 0 Å². The minimum Gasteiger partial charge on any atom is -1.00 e. The van der Waals surface area contributed by atoms with E-state index in [2.05, 4.69) is 83.4 Å². The van der Waals surface area contributed by atoms with Crippen LogP contribution in [0.15, 0.2) is 66.9 Å². The molecule has 1 aliphatic carbocycles. The number of nitrogens with zero attached hydrogens (tertiary/aromatic N) is 2. The highest BCUT2D eigenvalue weighted by Gasteiger charge is 2.16. The molecule has 0 unspecified atom stereocenters. The summed E-state index contributed by atoms with van der Waals surface area (Å²) in [7, 11) is 2.15. The summed E-state index contributed by atoms with van der Waals surface area (Å²) in [4.78, 5) is 2.49. The van der Waals surface area contributed by atoms with Crippen LogP contribution in [0, 0.1) is 5.92 Å². The Hall–Kier alpha value is -1.62. The highest BCUT2D eigenvalue weighted by atomic mass is 127. The van der Waals surface area contributed by atoms with Crippen molar-refractivity contribution >= 4 is 22.3 Å². The zero-order valence-electron chi connectivity index (χ0n) is 18.3. The van der Waals surface area contributed by atoms with Crippen LogP contribution < -0.4 is 33.4 Å². The Balaban J connectivity index is 0.00000256. The van der Waals surface area contributed by atoms with Crippen molar-refractivity contribution in [2.75, 3.05) is 11.4 Å². The lowest BCUT2D eigenvalue weighted by molar-refractivity contribution is -0.644. The van der Waals surface area contributed by atoms with Gasteiger partial charge in [0.2, 0.25) is 5.52 Å². The lowest BCUT2D eigenvalue weighted by Crippen LogP contribution is -3.00. The van der Waals surface area contributed by atoms with Gasteiger partial charge in [-0.15, -0.1) is 0 Å². The number of anilines is 2. The first kappa shape index (κ1) is 23.1. The lowest BCUT2D eigenvalue weighted by atomic mass is 9.85. The van der Waals surface area contributed by atoms with Gasteiger partial charge in [-0.2, -0.15) is 4.57 Å². The molecule has 1 heterocycles. The van der Waals surface area contributed by atoms with E-state index in [1.165, 1.54) is 80.1 Å². The average molecular weight is 514 g/mol. The van der Waals surface area contributed by atoms with E-state index in [0.29, 0.717) is 0 Å². The Kier molecular flexibility index (Phi) is 8.98. The van der Waals surface area contributed by atoms with Crippen LogP contribution in [0.3, 0.4) is 0 Å². The van der Waals surface area contributed by atoms with Gasteiger partial charge in [-0.05, 0) is 36.6 Å². The number of aryl methyl sites for hydroxylation is 1. The van der Waals surface area contributed by atoms with Crippen molar-refractivity contribution in [3.05, 3.63) is 66.9 Å². The first-order valence-electron chi connectivity index (χ1n) is 11.5. The molecule has 1 aliphatic rings. The third-order valence-corrected chi connectivity index (χ3v) is 6.54. The second-order valence-corrected chi connectivity index (χ2v) is 8.71. The van der Waals surface area contributed by atoms with Gasteiger partial charge < -0.3 is 28.9 Å². The predicted octanol–water partition coefficient (Wildman–Crippen LogP) is 3.95. The Labute approximate surface area is 199 Å². The minimum absolute atomic E-state index is 0. The fraction of sp³-hybridized carbons (Fsp3) is 0.444. The van der Waals surface area contributed by atoms with E-state index in [4.69, 9.17) is 0 Å². The van der Waals surface area contributed by atoms with Crippen LogP contribution in [-0.4, -0.2) is 6.54 Å². The molecule has 3 aromatic rings. The molecule has 2 nitrogen and oxygen atoms in total. The van der Waals surface area contributed by atoms with Crippen LogP contribution >= 0.6 is 0 Å². The maximum Gasteiger partial charge on any atom is 0.212 e. The molecule has 0 aliphatic heterocycles. The summed E-state index contributed by atoms with van der Waals surface area (Å²) in [5.74, 6) is 1.01. The van der Waals surface area contributed by atoms with Gasteiger partial charge in [0.1, 0.15) is 12.7 Å². The van der Waals surface area contributed by atoms with E-state index in [1.807, 2.05) is 0 Å². The van der Waals surface area contributed by atoms with E-state index >= 15 is 0 Å². The van der Waals surface area contributed by atoms with Crippen molar-refractivity contribution in [2.45, 2.75) is 57.8 Å². The number of hydrogen-bond acceptors (Lipinski definition) is 1. The molecule has 160 valence electrons. The van der Waals surface area contributed by atoms with Crippen molar-refractivity contribution in [3.63, 3.8) is 0 Å². The molecule has 2 aromatic carbocycles. The molecular weight excluding hydrogens is 479 g/mol. The van der Waals surface area contributed by atoms with Crippen molar-refractivity contribution in [2.24, 2.45) is 13.0 Å². The number of pyridine rings is 1. The van der Waals surface area contributed by atoms with Crippen molar-refractivity contribution in [3.8, 4) is 0 Å². The van der Waals surface area contributed by atoms with Crippen molar-refractivity contribution in [1.82, 2.24) is 0 Å². The quantitative estimate of drug-likeness (QED) is 0.251. The highest BCUT2D eigenvalue weighted by Crippen LogP contribution is 2.29. The molecule has 3 heteroatoms. The third-order valence-electron chi connectivity index (χ3n) is 6.54. The Morgan fingerprint density at radius 2 is 1.57 bits per heavy atom. The monoisotopic (exact) mass is 514 g/mol. The van der Waals surface area contributed by atoms with E-state index < -0.39 is 0 Å². The summed E-state index contributed by atoms with van der Waals surface area (Å²) < 4.78 is 2.25. The van der Waals surface area contributed by atoms with Crippen LogP contribution in [0.4, 0.5) is 11.4 Å². The van der Waals surface area contributed by atoms with Crippen LogP contribution in [0.5, 0.6) is 0 Å².